The van der Waals surface area contributed by atoms with Crippen molar-refractivity contribution < 1.29 is 14.4 Å². The van der Waals surface area contributed by atoms with E-state index in [1.165, 1.54) is 9.30 Å². The number of fused-ring (bicyclic) bond motifs is 7. The lowest BCUT2D eigenvalue weighted by Gasteiger charge is -2.53. The SMILES string of the molecule is CCCCCN1C(=O)NC(=O)[C@]2(Cc3c(nc4c(C)cccn4c3=O)N3CCc4ccccc4[C@@H]32)C1=O. The van der Waals surface area contributed by atoms with Crippen molar-refractivity contribution in [1.29, 1.82) is 0 Å². The van der Waals surface area contributed by atoms with Gasteiger partial charge in [0, 0.05) is 25.7 Å². The van der Waals surface area contributed by atoms with Gasteiger partial charge in [-0.2, -0.15) is 0 Å². The summed E-state index contributed by atoms with van der Waals surface area (Å²) in [5.74, 6) is -0.678. The van der Waals surface area contributed by atoms with Crippen molar-refractivity contribution in [2.45, 2.75) is 52.0 Å². The van der Waals surface area contributed by atoms with E-state index in [-0.39, 0.29) is 18.5 Å². The van der Waals surface area contributed by atoms with Gasteiger partial charge in [0.2, 0.25) is 11.8 Å². The fraction of sp³-hybridized carbons (Fsp3) is 0.393. The molecule has 0 saturated carbocycles. The van der Waals surface area contributed by atoms with Gasteiger partial charge in [0.25, 0.3) is 5.56 Å². The summed E-state index contributed by atoms with van der Waals surface area (Å²) in [4.78, 5) is 62.9. The van der Waals surface area contributed by atoms with Crippen LogP contribution < -0.4 is 15.8 Å². The Labute approximate surface area is 214 Å². The highest BCUT2D eigenvalue weighted by molar-refractivity contribution is 6.20. The largest absolute Gasteiger partial charge is 0.347 e. The molecule has 5 heterocycles. The Kier molecular flexibility index (Phi) is 5.40. The van der Waals surface area contributed by atoms with Crippen molar-refractivity contribution >= 4 is 29.3 Å². The molecule has 0 radical (unpaired) electrons. The number of aryl methyl sites for hydroxylation is 1. The number of hydrogen-bond acceptors (Lipinski definition) is 6. The third-order valence-corrected chi connectivity index (χ3v) is 8.08. The summed E-state index contributed by atoms with van der Waals surface area (Å²) in [5, 5.41) is 2.48. The van der Waals surface area contributed by atoms with Crippen LogP contribution >= 0.6 is 0 Å². The molecule has 3 aliphatic rings. The lowest BCUT2D eigenvalue weighted by molar-refractivity contribution is -0.154. The molecule has 2 aromatic heterocycles. The highest BCUT2D eigenvalue weighted by atomic mass is 16.2. The Hall–Kier alpha value is -4.01. The molecule has 1 spiro atoms. The highest BCUT2D eigenvalue weighted by Gasteiger charge is 2.64. The Balaban J connectivity index is 1.61. The number of carbonyl (C=O) groups is 3. The maximum atomic E-state index is 14.3. The fourth-order valence-corrected chi connectivity index (χ4v) is 6.24. The Morgan fingerprint density at radius 2 is 1.89 bits per heavy atom. The number of barbiturate groups is 1. The Morgan fingerprint density at radius 1 is 1.08 bits per heavy atom. The average Bonchev–Trinajstić information content (AvgIpc) is 2.90. The molecule has 37 heavy (non-hydrogen) atoms. The fourth-order valence-electron chi connectivity index (χ4n) is 6.24. The third kappa shape index (κ3) is 3.26. The maximum Gasteiger partial charge on any atom is 0.330 e. The molecule has 2 atom stereocenters. The van der Waals surface area contributed by atoms with Crippen molar-refractivity contribution in [3.63, 3.8) is 0 Å². The van der Waals surface area contributed by atoms with E-state index in [1.54, 1.807) is 12.3 Å². The van der Waals surface area contributed by atoms with Crippen molar-refractivity contribution in [1.82, 2.24) is 19.6 Å². The van der Waals surface area contributed by atoms with Crippen LogP contribution in [0.2, 0.25) is 0 Å². The van der Waals surface area contributed by atoms with Gasteiger partial charge in [-0.15, -0.1) is 0 Å². The van der Waals surface area contributed by atoms with Gasteiger partial charge in [0.1, 0.15) is 11.5 Å². The zero-order valence-corrected chi connectivity index (χ0v) is 21.0. The van der Waals surface area contributed by atoms with E-state index >= 15 is 0 Å². The van der Waals surface area contributed by atoms with Gasteiger partial charge in [0.15, 0.2) is 5.41 Å². The molecule has 1 aromatic carbocycles. The van der Waals surface area contributed by atoms with Crippen molar-refractivity contribution in [2.24, 2.45) is 5.41 Å². The minimum atomic E-state index is -1.66. The van der Waals surface area contributed by atoms with E-state index in [0.29, 0.717) is 36.4 Å². The van der Waals surface area contributed by atoms with Crippen molar-refractivity contribution in [2.75, 3.05) is 18.0 Å². The molecule has 9 nitrogen and oxygen atoms in total. The molecule has 1 fully saturated rings. The molecule has 0 bridgehead atoms. The number of carbonyl (C=O) groups excluding carboxylic acids is 3. The lowest BCUT2D eigenvalue weighted by atomic mass is 9.65. The zero-order chi connectivity index (χ0) is 25.9. The molecule has 4 amide bonds. The highest BCUT2D eigenvalue weighted by Crippen LogP contribution is 2.52. The number of urea groups is 1. The third-order valence-electron chi connectivity index (χ3n) is 8.08. The standard InChI is InChI=1S/C28H29N5O4/c1-3-4-7-13-33-26(36)28(25(35)30-27(33)37)16-20-23(29-22-17(2)9-8-14-32(22)24(20)34)31-15-12-18-10-5-6-11-19(18)21(28)31/h5-6,8-11,14,21H,3-4,7,12-13,15-16H2,1-2H3,(H,30,35,37)/t21-,28-/m1/s1. The van der Waals surface area contributed by atoms with Gasteiger partial charge in [-0.1, -0.05) is 50.1 Å². The smallest absolute Gasteiger partial charge is 0.330 e. The molecule has 1 saturated heterocycles. The molecule has 0 aliphatic carbocycles. The topological polar surface area (TPSA) is 104 Å². The molecule has 3 aromatic rings. The summed E-state index contributed by atoms with van der Waals surface area (Å²) >= 11 is 0. The summed E-state index contributed by atoms with van der Waals surface area (Å²) in [6, 6.07) is 10.1. The molecule has 6 rings (SSSR count). The number of rotatable bonds is 4. The van der Waals surface area contributed by atoms with Crippen molar-refractivity contribution in [3.05, 3.63) is 75.2 Å². The molecular weight excluding hydrogens is 470 g/mol. The lowest BCUT2D eigenvalue weighted by Crippen LogP contribution is -2.70. The number of benzene rings is 1. The summed E-state index contributed by atoms with van der Waals surface area (Å²) in [6.07, 6.45) is 4.66. The van der Waals surface area contributed by atoms with E-state index in [4.69, 9.17) is 4.98 Å². The maximum absolute atomic E-state index is 14.3. The number of nitrogens with zero attached hydrogens (tertiary/aromatic N) is 4. The first kappa shape index (κ1) is 23.4. The van der Waals surface area contributed by atoms with Crippen LogP contribution in [-0.2, 0) is 22.4 Å². The van der Waals surface area contributed by atoms with E-state index < -0.39 is 29.3 Å². The van der Waals surface area contributed by atoms with Gasteiger partial charge >= 0.3 is 6.03 Å². The monoisotopic (exact) mass is 499 g/mol. The number of nitrogens with one attached hydrogen (secondary N) is 1. The normalized spacial score (nSPS) is 22.6. The van der Waals surface area contributed by atoms with Crippen LogP contribution in [0.3, 0.4) is 0 Å². The van der Waals surface area contributed by atoms with Crippen molar-refractivity contribution in [3.8, 4) is 0 Å². The molecule has 0 unspecified atom stereocenters. The van der Waals surface area contributed by atoms with Crippen LogP contribution in [0.4, 0.5) is 10.6 Å². The van der Waals surface area contributed by atoms with Crippen LogP contribution in [0.5, 0.6) is 0 Å². The van der Waals surface area contributed by atoms with E-state index in [2.05, 4.69) is 5.32 Å². The number of imide groups is 2. The summed E-state index contributed by atoms with van der Waals surface area (Å²) in [6.45, 7) is 4.67. The van der Waals surface area contributed by atoms with Gasteiger partial charge in [-0.05, 0) is 42.5 Å². The number of hydrogen-bond donors (Lipinski definition) is 1. The Morgan fingerprint density at radius 3 is 2.70 bits per heavy atom. The van der Waals surface area contributed by atoms with Crippen LogP contribution in [0.1, 0.15) is 54.5 Å². The van der Waals surface area contributed by atoms with Crippen LogP contribution in [0, 0.1) is 12.3 Å². The van der Waals surface area contributed by atoms with Crippen LogP contribution in [-0.4, -0.2) is 45.2 Å². The molecule has 9 heteroatoms. The summed E-state index contributed by atoms with van der Waals surface area (Å²) < 4.78 is 1.48. The van der Waals surface area contributed by atoms with E-state index in [0.717, 1.165) is 29.5 Å². The summed E-state index contributed by atoms with van der Waals surface area (Å²) in [7, 11) is 0. The second-order valence-corrected chi connectivity index (χ2v) is 10.2. The minimum Gasteiger partial charge on any atom is -0.347 e. The minimum absolute atomic E-state index is 0.122. The number of aromatic nitrogens is 2. The molecule has 190 valence electrons. The Bertz CT molecular complexity index is 1530. The quantitative estimate of drug-likeness (QED) is 0.437. The predicted molar refractivity (Wildman–Crippen MR) is 137 cm³/mol. The predicted octanol–water partition coefficient (Wildman–Crippen LogP) is 2.92. The number of anilines is 1. The number of amides is 4. The first-order valence-corrected chi connectivity index (χ1v) is 12.9. The van der Waals surface area contributed by atoms with Gasteiger partial charge < -0.3 is 4.90 Å². The second-order valence-electron chi connectivity index (χ2n) is 10.2. The summed E-state index contributed by atoms with van der Waals surface area (Å²) in [5.41, 5.74) is 1.68. The second kappa shape index (κ2) is 8.54. The first-order valence-electron chi connectivity index (χ1n) is 12.9. The molecular formula is C28H29N5O4. The van der Waals surface area contributed by atoms with Crippen LogP contribution in [0.15, 0.2) is 47.4 Å². The number of pyridine rings is 1. The number of unbranched alkanes of at least 4 members (excludes halogenated alkanes) is 2. The molecule has 1 N–H and O–H groups in total. The zero-order valence-electron chi connectivity index (χ0n) is 21.0. The van der Waals surface area contributed by atoms with Gasteiger partial charge in [0.05, 0.1) is 11.6 Å². The van der Waals surface area contributed by atoms with Gasteiger partial charge in [-0.3, -0.25) is 29.0 Å². The van der Waals surface area contributed by atoms with Gasteiger partial charge in [-0.25, -0.2) is 9.78 Å². The average molecular weight is 500 g/mol. The van der Waals surface area contributed by atoms with E-state index in [9.17, 15) is 19.2 Å². The first-order chi connectivity index (χ1) is 17.9. The molecule has 3 aliphatic heterocycles. The van der Waals surface area contributed by atoms with E-state index in [1.807, 2.05) is 49.1 Å². The van der Waals surface area contributed by atoms with Crippen LogP contribution in [0.25, 0.3) is 5.65 Å².